The van der Waals surface area contributed by atoms with Crippen LogP contribution >= 0.6 is 0 Å². The summed E-state index contributed by atoms with van der Waals surface area (Å²) in [5.74, 6) is -4.79. The molecule has 0 amide bonds. The smallest absolute Gasteiger partial charge is 0.320 e. The first-order chi connectivity index (χ1) is 6.43. The van der Waals surface area contributed by atoms with Gasteiger partial charge >= 0.3 is 5.97 Å². The van der Waals surface area contributed by atoms with Crippen molar-refractivity contribution in [1.82, 2.24) is 0 Å². The number of carboxylic acids is 1. The molecule has 0 bridgehead atoms. The number of hydrogen-bond acceptors (Lipinski definition) is 2. The number of aliphatic carboxylic acids is 1. The number of hydrogen-bond donors (Lipinski definition) is 2. The zero-order valence-corrected chi connectivity index (χ0v) is 7.88. The molecule has 3 N–H and O–H groups in total. The van der Waals surface area contributed by atoms with Crippen molar-refractivity contribution in [2.24, 2.45) is 11.7 Å². The molecule has 3 nitrogen and oxygen atoms in total. The van der Waals surface area contributed by atoms with Crippen LogP contribution in [0.1, 0.15) is 32.1 Å². The maximum atomic E-state index is 13.2. The van der Waals surface area contributed by atoms with Crippen molar-refractivity contribution in [2.75, 3.05) is 0 Å². The van der Waals surface area contributed by atoms with Crippen LogP contribution < -0.4 is 5.73 Å². The number of nitrogens with two attached hydrogens (primary N) is 1. The third kappa shape index (κ3) is 2.64. The Morgan fingerprint density at radius 3 is 2.71 bits per heavy atom. The fraction of sp³-hybridized carbons (Fsp3) is 0.889. The molecule has 14 heavy (non-hydrogen) atoms. The Morgan fingerprint density at radius 2 is 2.21 bits per heavy atom. The van der Waals surface area contributed by atoms with Crippen molar-refractivity contribution in [3.05, 3.63) is 0 Å². The van der Waals surface area contributed by atoms with E-state index in [1.54, 1.807) is 0 Å². The van der Waals surface area contributed by atoms with Crippen LogP contribution in [0.2, 0.25) is 0 Å². The number of carbonyl (C=O) groups is 1. The summed E-state index contributed by atoms with van der Waals surface area (Å²) in [5.41, 5.74) is 5.24. The summed E-state index contributed by atoms with van der Waals surface area (Å²) in [6.45, 7) is 0. The minimum absolute atomic E-state index is 0.123. The summed E-state index contributed by atoms with van der Waals surface area (Å²) in [6, 6.07) is -1.16. The lowest BCUT2D eigenvalue weighted by molar-refractivity contribution is -0.141. The van der Waals surface area contributed by atoms with Gasteiger partial charge in [-0.25, -0.2) is 8.78 Å². The zero-order chi connectivity index (χ0) is 10.8. The highest BCUT2D eigenvalue weighted by Gasteiger charge is 2.42. The van der Waals surface area contributed by atoms with E-state index in [0.29, 0.717) is 12.8 Å². The molecule has 1 aliphatic rings. The average molecular weight is 207 g/mol. The molecule has 0 heterocycles. The van der Waals surface area contributed by atoms with Crippen molar-refractivity contribution in [1.29, 1.82) is 0 Å². The standard InChI is InChI=1S/C9H15F2NO2/c10-9(11)4-2-1-3-6(9)5-7(12)8(13)14/h6-7H,1-5,12H2,(H,13,14)/t6?,7-/m0/s1. The monoisotopic (exact) mass is 207 g/mol. The Morgan fingerprint density at radius 1 is 1.57 bits per heavy atom. The second kappa shape index (κ2) is 4.21. The summed E-state index contributed by atoms with van der Waals surface area (Å²) in [7, 11) is 0. The predicted octanol–water partition coefficient (Wildman–Crippen LogP) is 1.61. The highest BCUT2D eigenvalue weighted by molar-refractivity contribution is 5.73. The Hall–Kier alpha value is -0.710. The third-order valence-electron chi connectivity index (χ3n) is 2.77. The second-order valence-electron chi connectivity index (χ2n) is 3.88. The van der Waals surface area contributed by atoms with Crippen LogP contribution in [-0.4, -0.2) is 23.0 Å². The molecule has 1 rings (SSSR count). The molecule has 0 saturated heterocycles. The molecule has 1 fully saturated rings. The molecular formula is C9H15F2NO2. The molecule has 5 heteroatoms. The molecule has 1 saturated carbocycles. The minimum atomic E-state index is -2.73. The second-order valence-corrected chi connectivity index (χ2v) is 3.88. The van der Waals surface area contributed by atoms with E-state index in [1.165, 1.54) is 0 Å². The van der Waals surface area contributed by atoms with E-state index < -0.39 is 23.9 Å². The number of carboxylic acid groups (broad SMARTS) is 1. The fourth-order valence-electron chi connectivity index (χ4n) is 1.86. The van der Waals surface area contributed by atoms with Gasteiger partial charge in [0, 0.05) is 12.3 Å². The van der Waals surface area contributed by atoms with Gasteiger partial charge in [-0.2, -0.15) is 0 Å². The van der Waals surface area contributed by atoms with Gasteiger partial charge in [0.05, 0.1) is 0 Å². The molecule has 2 atom stereocenters. The lowest BCUT2D eigenvalue weighted by Crippen LogP contribution is -2.39. The summed E-state index contributed by atoms with van der Waals surface area (Å²) in [5, 5.41) is 8.51. The van der Waals surface area contributed by atoms with Crippen molar-refractivity contribution in [3.8, 4) is 0 Å². The number of rotatable bonds is 3. The summed E-state index contributed by atoms with van der Waals surface area (Å²) in [6.07, 6.45) is 1.39. The van der Waals surface area contributed by atoms with Crippen LogP contribution in [0, 0.1) is 5.92 Å². The Labute approximate surface area is 81.3 Å². The molecule has 0 aromatic rings. The lowest BCUT2D eigenvalue weighted by Gasteiger charge is -2.32. The maximum Gasteiger partial charge on any atom is 0.320 e. The topological polar surface area (TPSA) is 63.3 Å². The summed E-state index contributed by atoms with van der Waals surface area (Å²) < 4.78 is 26.5. The molecule has 0 spiro atoms. The first kappa shape index (κ1) is 11.4. The number of halogens is 2. The number of alkyl halides is 2. The van der Waals surface area contributed by atoms with E-state index in [2.05, 4.69) is 0 Å². The fourth-order valence-corrected chi connectivity index (χ4v) is 1.86. The molecule has 1 aliphatic carbocycles. The van der Waals surface area contributed by atoms with Gasteiger partial charge in [0.1, 0.15) is 6.04 Å². The molecule has 0 radical (unpaired) electrons. The van der Waals surface area contributed by atoms with Gasteiger partial charge < -0.3 is 10.8 Å². The largest absolute Gasteiger partial charge is 0.480 e. The van der Waals surface area contributed by atoms with Crippen LogP contribution in [0.5, 0.6) is 0 Å². The van der Waals surface area contributed by atoms with E-state index in [0.717, 1.165) is 6.42 Å². The minimum Gasteiger partial charge on any atom is -0.480 e. The van der Waals surface area contributed by atoms with Crippen molar-refractivity contribution < 1.29 is 18.7 Å². The van der Waals surface area contributed by atoms with Crippen LogP contribution in [0.15, 0.2) is 0 Å². The molecular weight excluding hydrogens is 192 g/mol. The lowest BCUT2D eigenvalue weighted by atomic mass is 9.81. The first-order valence-corrected chi connectivity index (χ1v) is 4.79. The summed E-state index contributed by atoms with van der Waals surface area (Å²) in [4.78, 5) is 10.4. The summed E-state index contributed by atoms with van der Waals surface area (Å²) >= 11 is 0. The van der Waals surface area contributed by atoms with Crippen LogP contribution in [0.25, 0.3) is 0 Å². The van der Waals surface area contributed by atoms with Crippen LogP contribution in [0.4, 0.5) is 8.78 Å². The SMILES string of the molecule is N[C@@H](CC1CCCCC1(F)F)C(=O)O. The van der Waals surface area contributed by atoms with Gasteiger partial charge in [-0.3, -0.25) is 4.79 Å². The van der Waals surface area contributed by atoms with Crippen molar-refractivity contribution in [2.45, 2.75) is 44.1 Å². The molecule has 0 aromatic carbocycles. The highest BCUT2D eigenvalue weighted by Crippen LogP contribution is 2.40. The van der Waals surface area contributed by atoms with E-state index in [1.807, 2.05) is 0 Å². The van der Waals surface area contributed by atoms with Gasteiger partial charge in [0.25, 0.3) is 5.92 Å². The molecule has 0 aromatic heterocycles. The van der Waals surface area contributed by atoms with Gasteiger partial charge in [0.2, 0.25) is 0 Å². The Bertz CT molecular complexity index is 221. The van der Waals surface area contributed by atoms with Crippen molar-refractivity contribution >= 4 is 5.97 Å². The van der Waals surface area contributed by atoms with Crippen LogP contribution in [0.3, 0.4) is 0 Å². The predicted molar refractivity (Wildman–Crippen MR) is 47.1 cm³/mol. The molecule has 1 unspecified atom stereocenters. The molecule has 0 aliphatic heterocycles. The van der Waals surface area contributed by atoms with E-state index in [-0.39, 0.29) is 12.8 Å². The first-order valence-electron chi connectivity index (χ1n) is 4.79. The average Bonchev–Trinajstić information content (AvgIpc) is 2.08. The van der Waals surface area contributed by atoms with Crippen molar-refractivity contribution in [3.63, 3.8) is 0 Å². The zero-order valence-electron chi connectivity index (χ0n) is 7.88. The van der Waals surface area contributed by atoms with E-state index >= 15 is 0 Å². The Kier molecular flexibility index (Phi) is 3.42. The van der Waals surface area contributed by atoms with E-state index in [9.17, 15) is 13.6 Å². The van der Waals surface area contributed by atoms with Gasteiger partial charge in [-0.1, -0.05) is 6.42 Å². The Balaban J connectivity index is 2.53. The third-order valence-corrected chi connectivity index (χ3v) is 2.77. The molecule has 82 valence electrons. The quantitative estimate of drug-likeness (QED) is 0.739. The van der Waals surface area contributed by atoms with Gasteiger partial charge in [-0.05, 0) is 19.3 Å². The highest BCUT2D eigenvalue weighted by atomic mass is 19.3. The van der Waals surface area contributed by atoms with Gasteiger partial charge in [0.15, 0.2) is 0 Å². The van der Waals surface area contributed by atoms with E-state index in [4.69, 9.17) is 10.8 Å². The normalized spacial score (nSPS) is 28.4. The van der Waals surface area contributed by atoms with Gasteiger partial charge in [-0.15, -0.1) is 0 Å². The van der Waals surface area contributed by atoms with Crippen LogP contribution in [-0.2, 0) is 4.79 Å². The maximum absolute atomic E-state index is 13.2.